The molecule has 0 amide bonds. The van der Waals surface area contributed by atoms with Gasteiger partial charge < -0.3 is 10.9 Å². The summed E-state index contributed by atoms with van der Waals surface area (Å²) in [5.41, 5.74) is 6.48. The number of aryl methyl sites for hydroxylation is 1. The smallest absolute Gasteiger partial charge is 0.231 e. The first kappa shape index (κ1) is 6.80. The largest absolute Gasteiger partial charge is 0.618 e. The van der Waals surface area contributed by atoms with E-state index in [-0.39, 0.29) is 0 Å². The second-order valence-corrected chi connectivity index (χ2v) is 2.18. The Hall–Kier alpha value is -1.32. The average Bonchev–Trinajstić information content (AvgIpc) is 1.82. The Morgan fingerprint density at radius 1 is 1.60 bits per heavy atom. The minimum absolute atomic E-state index is 0.301. The van der Waals surface area contributed by atoms with Crippen molar-refractivity contribution in [3.8, 4) is 0 Å². The maximum absolute atomic E-state index is 10.9. The molecule has 0 saturated heterocycles. The van der Waals surface area contributed by atoms with Gasteiger partial charge in [0.25, 0.3) is 0 Å². The van der Waals surface area contributed by atoms with E-state index < -0.39 is 0 Å². The van der Waals surface area contributed by atoms with Crippen LogP contribution in [0.3, 0.4) is 0 Å². The van der Waals surface area contributed by atoms with Crippen molar-refractivity contribution < 1.29 is 4.73 Å². The van der Waals surface area contributed by atoms with Crippen molar-refractivity contribution in [2.75, 3.05) is 5.73 Å². The van der Waals surface area contributed by atoms with Crippen molar-refractivity contribution in [2.45, 2.75) is 13.8 Å². The van der Waals surface area contributed by atoms with Crippen LogP contribution in [0.4, 0.5) is 5.82 Å². The minimum Gasteiger partial charge on any atom is -0.618 e. The molecule has 0 atom stereocenters. The van der Waals surface area contributed by atoms with Gasteiger partial charge in [0, 0.05) is 6.92 Å². The van der Waals surface area contributed by atoms with Gasteiger partial charge in [-0.3, -0.25) is 0 Å². The molecular formula is C6H9N3O. The molecule has 0 radical (unpaired) electrons. The normalized spacial score (nSPS) is 9.80. The molecule has 10 heavy (non-hydrogen) atoms. The van der Waals surface area contributed by atoms with Gasteiger partial charge >= 0.3 is 0 Å². The molecular weight excluding hydrogens is 130 g/mol. The number of rotatable bonds is 0. The summed E-state index contributed by atoms with van der Waals surface area (Å²) < 4.78 is 0.720. The van der Waals surface area contributed by atoms with Crippen LogP contribution in [-0.4, -0.2) is 4.98 Å². The highest BCUT2D eigenvalue weighted by molar-refractivity contribution is 5.29. The van der Waals surface area contributed by atoms with E-state index in [0.29, 0.717) is 17.2 Å². The lowest BCUT2D eigenvalue weighted by molar-refractivity contribution is -0.612. The first-order valence-corrected chi connectivity index (χ1v) is 2.94. The summed E-state index contributed by atoms with van der Waals surface area (Å²) in [5, 5.41) is 10.9. The predicted octanol–water partition coefficient (Wildman–Crippen LogP) is -0.0860. The molecule has 0 aromatic carbocycles. The van der Waals surface area contributed by atoms with Gasteiger partial charge in [0.2, 0.25) is 11.9 Å². The number of anilines is 1. The van der Waals surface area contributed by atoms with Gasteiger partial charge in [-0.25, -0.2) is 4.98 Å². The Morgan fingerprint density at radius 2 is 2.20 bits per heavy atom. The van der Waals surface area contributed by atoms with Crippen molar-refractivity contribution in [3.05, 3.63) is 22.8 Å². The van der Waals surface area contributed by atoms with Gasteiger partial charge in [-0.05, 0) is 6.92 Å². The molecule has 0 aliphatic carbocycles. The molecule has 0 bridgehead atoms. The van der Waals surface area contributed by atoms with E-state index in [4.69, 9.17) is 5.73 Å². The van der Waals surface area contributed by atoms with Crippen LogP contribution in [0.15, 0.2) is 6.20 Å². The van der Waals surface area contributed by atoms with Crippen molar-refractivity contribution in [2.24, 2.45) is 0 Å². The Morgan fingerprint density at radius 3 is 2.70 bits per heavy atom. The average molecular weight is 139 g/mol. The second-order valence-electron chi connectivity index (χ2n) is 2.18. The lowest BCUT2D eigenvalue weighted by Crippen LogP contribution is -2.31. The summed E-state index contributed by atoms with van der Waals surface area (Å²) >= 11 is 0. The Bertz CT molecular complexity index is 236. The summed E-state index contributed by atoms with van der Waals surface area (Å²) in [6.07, 6.45) is 1.39. The third-order valence-corrected chi connectivity index (χ3v) is 1.30. The summed E-state index contributed by atoms with van der Waals surface area (Å²) in [4.78, 5) is 3.89. The lowest BCUT2D eigenvalue weighted by Gasteiger charge is -2.01. The molecule has 2 N–H and O–H groups in total. The highest BCUT2D eigenvalue weighted by atomic mass is 16.5. The zero-order valence-corrected chi connectivity index (χ0v) is 5.96. The lowest BCUT2D eigenvalue weighted by atomic mass is 10.4. The predicted molar refractivity (Wildman–Crippen MR) is 37.1 cm³/mol. The number of hydrogen-bond acceptors (Lipinski definition) is 3. The standard InChI is InChI=1S/C6H9N3O/c1-4-3-9(10)5(2)6(7)8-4/h3H,1-2H3,(H2,7,8). The highest BCUT2D eigenvalue weighted by Crippen LogP contribution is 1.99. The molecule has 1 heterocycles. The first-order valence-electron chi connectivity index (χ1n) is 2.94. The van der Waals surface area contributed by atoms with Crippen molar-refractivity contribution in [3.63, 3.8) is 0 Å². The van der Waals surface area contributed by atoms with Gasteiger partial charge in [0.1, 0.15) is 5.69 Å². The van der Waals surface area contributed by atoms with Crippen molar-refractivity contribution >= 4 is 5.82 Å². The molecule has 0 aliphatic rings. The van der Waals surface area contributed by atoms with E-state index in [0.717, 1.165) is 4.73 Å². The number of aromatic nitrogens is 2. The number of nitrogens with zero attached hydrogens (tertiary/aromatic N) is 2. The maximum atomic E-state index is 10.9. The Balaban J connectivity index is 3.31. The molecule has 0 spiro atoms. The van der Waals surface area contributed by atoms with Gasteiger partial charge in [-0.15, -0.1) is 0 Å². The quantitative estimate of drug-likeness (QED) is 0.403. The molecule has 1 aromatic heterocycles. The summed E-state index contributed by atoms with van der Waals surface area (Å²) in [6, 6.07) is 0. The van der Waals surface area contributed by atoms with Gasteiger partial charge in [-0.2, -0.15) is 4.73 Å². The fraction of sp³-hybridized carbons (Fsp3) is 0.333. The van der Waals surface area contributed by atoms with Crippen LogP contribution < -0.4 is 10.5 Å². The summed E-state index contributed by atoms with van der Waals surface area (Å²) in [5.74, 6) is 0.301. The number of hydrogen-bond donors (Lipinski definition) is 1. The molecule has 0 aliphatic heterocycles. The van der Waals surface area contributed by atoms with Crippen LogP contribution in [-0.2, 0) is 0 Å². The van der Waals surface area contributed by atoms with E-state index >= 15 is 0 Å². The molecule has 54 valence electrons. The molecule has 1 rings (SSSR count). The zero-order chi connectivity index (χ0) is 7.72. The summed E-state index contributed by atoms with van der Waals surface area (Å²) in [6.45, 7) is 3.36. The summed E-state index contributed by atoms with van der Waals surface area (Å²) in [7, 11) is 0. The molecule has 0 unspecified atom stereocenters. The minimum atomic E-state index is 0.301. The SMILES string of the molecule is Cc1c[n+]([O-])c(C)c(N)n1. The molecule has 4 heteroatoms. The van der Waals surface area contributed by atoms with E-state index in [9.17, 15) is 5.21 Å². The third-order valence-electron chi connectivity index (χ3n) is 1.30. The first-order chi connectivity index (χ1) is 4.61. The van der Waals surface area contributed by atoms with Crippen LogP contribution in [0.1, 0.15) is 11.4 Å². The maximum Gasteiger partial charge on any atom is 0.231 e. The van der Waals surface area contributed by atoms with Gasteiger partial charge in [0.05, 0.1) is 0 Å². The van der Waals surface area contributed by atoms with Gasteiger partial charge in [-0.1, -0.05) is 0 Å². The number of nitrogen functional groups attached to an aromatic ring is 1. The second kappa shape index (κ2) is 2.13. The van der Waals surface area contributed by atoms with Crippen LogP contribution in [0, 0.1) is 19.1 Å². The zero-order valence-electron chi connectivity index (χ0n) is 5.96. The fourth-order valence-electron chi connectivity index (χ4n) is 0.679. The molecule has 4 nitrogen and oxygen atoms in total. The Labute approximate surface area is 58.9 Å². The number of nitrogens with two attached hydrogens (primary N) is 1. The van der Waals surface area contributed by atoms with Crippen LogP contribution >= 0.6 is 0 Å². The molecule has 0 fully saturated rings. The van der Waals surface area contributed by atoms with Crippen LogP contribution in [0.2, 0.25) is 0 Å². The topological polar surface area (TPSA) is 65.8 Å². The van der Waals surface area contributed by atoms with E-state index in [1.807, 2.05) is 0 Å². The fourth-order valence-corrected chi connectivity index (χ4v) is 0.679. The third kappa shape index (κ3) is 1.00. The van der Waals surface area contributed by atoms with Crippen LogP contribution in [0.25, 0.3) is 0 Å². The van der Waals surface area contributed by atoms with E-state index in [2.05, 4.69) is 4.98 Å². The van der Waals surface area contributed by atoms with Crippen molar-refractivity contribution in [1.82, 2.24) is 4.98 Å². The molecule has 0 saturated carbocycles. The van der Waals surface area contributed by atoms with Crippen LogP contribution in [0.5, 0.6) is 0 Å². The monoisotopic (exact) mass is 139 g/mol. The Kier molecular flexibility index (Phi) is 1.45. The van der Waals surface area contributed by atoms with E-state index in [1.165, 1.54) is 6.20 Å². The van der Waals surface area contributed by atoms with E-state index in [1.54, 1.807) is 13.8 Å². The molecule has 1 aromatic rings. The van der Waals surface area contributed by atoms with Crippen molar-refractivity contribution in [1.29, 1.82) is 0 Å². The van der Waals surface area contributed by atoms with Gasteiger partial charge in [0.15, 0.2) is 5.82 Å². The highest BCUT2D eigenvalue weighted by Gasteiger charge is 2.04.